The van der Waals surface area contributed by atoms with Gasteiger partial charge in [-0.15, -0.1) is 0 Å². The molecule has 0 aliphatic carbocycles. The van der Waals surface area contributed by atoms with Gasteiger partial charge in [-0.05, 0) is 31.0 Å². The molecule has 1 heterocycles. The number of rotatable bonds is 7. The van der Waals surface area contributed by atoms with Crippen molar-refractivity contribution in [2.45, 2.75) is 45.8 Å². The fourth-order valence-corrected chi connectivity index (χ4v) is 3.28. The van der Waals surface area contributed by atoms with E-state index in [-0.39, 0.29) is 24.1 Å². The van der Waals surface area contributed by atoms with Gasteiger partial charge >= 0.3 is 5.69 Å². The molecule has 0 aliphatic heterocycles. The first kappa shape index (κ1) is 18.0. The van der Waals surface area contributed by atoms with Crippen molar-refractivity contribution in [3.05, 3.63) is 70.6 Å². The van der Waals surface area contributed by atoms with E-state index in [1.54, 1.807) is 9.13 Å². The highest BCUT2D eigenvalue weighted by molar-refractivity contribution is 5.78. The van der Waals surface area contributed by atoms with E-state index in [9.17, 15) is 9.59 Å². The first-order valence-electron chi connectivity index (χ1n) is 9.14. The van der Waals surface area contributed by atoms with Gasteiger partial charge in [0.15, 0.2) is 0 Å². The van der Waals surface area contributed by atoms with E-state index >= 15 is 0 Å². The Morgan fingerprint density at radius 1 is 0.962 bits per heavy atom. The molecule has 1 N–H and O–H groups in total. The Bertz CT molecular complexity index is 941. The van der Waals surface area contributed by atoms with Crippen LogP contribution in [0.1, 0.15) is 38.3 Å². The molecular formula is C21H25N3O2. The number of amides is 1. The van der Waals surface area contributed by atoms with Crippen LogP contribution in [0, 0.1) is 0 Å². The number of nitrogens with one attached hydrogen (secondary N) is 1. The highest BCUT2D eigenvalue weighted by Gasteiger charge is 2.14. The Hall–Kier alpha value is -2.82. The number of para-hydroxylation sites is 2. The van der Waals surface area contributed by atoms with Gasteiger partial charge in [-0.25, -0.2) is 4.79 Å². The minimum absolute atomic E-state index is 0.0445. The van der Waals surface area contributed by atoms with Crippen LogP contribution >= 0.6 is 0 Å². The Morgan fingerprint density at radius 2 is 1.54 bits per heavy atom. The van der Waals surface area contributed by atoms with E-state index in [2.05, 4.69) is 12.2 Å². The first-order valence-corrected chi connectivity index (χ1v) is 9.14. The second-order valence-corrected chi connectivity index (χ2v) is 6.52. The number of fused-ring (bicyclic) bond motifs is 1. The van der Waals surface area contributed by atoms with Gasteiger partial charge in [-0.2, -0.15) is 0 Å². The molecule has 2 aromatic carbocycles. The highest BCUT2D eigenvalue weighted by Crippen LogP contribution is 2.14. The molecule has 1 amide bonds. The molecule has 5 heteroatoms. The lowest BCUT2D eigenvalue weighted by molar-refractivity contribution is -0.121. The van der Waals surface area contributed by atoms with Crippen molar-refractivity contribution < 1.29 is 4.79 Å². The molecule has 3 aromatic rings. The lowest BCUT2D eigenvalue weighted by Crippen LogP contribution is -2.30. The molecule has 1 aromatic heterocycles. The van der Waals surface area contributed by atoms with E-state index in [0.29, 0.717) is 13.1 Å². The molecule has 0 spiro atoms. The zero-order chi connectivity index (χ0) is 18.5. The largest absolute Gasteiger partial charge is 0.350 e. The molecule has 0 unspecified atom stereocenters. The molecule has 0 saturated carbocycles. The molecule has 0 aliphatic rings. The summed E-state index contributed by atoms with van der Waals surface area (Å²) < 4.78 is 3.50. The average Bonchev–Trinajstić information content (AvgIpc) is 2.93. The van der Waals surface area contributed by atoms with Crippen molar-refractivity contribution in [2.24, 2.45) is 0 Å². The summed E-state index contributed by atoms with van der Waals surface area (Å²) in [6.07, 6.45) is 1.17. The minimum atomic E-state index is -0.0550. The van der Waals surface area contributed by atoms with Crippen molar-refractivity contribution in [1.82, 2.24) is 14.5 Å². The molecule has 3 rings (SSSR count). The molecule has 5 nitrogen and oxygen atoms in total. The number of benzene rings is 2. The number of nitrogens with zero attached hydrogens (tertiary/aromatic N) is 2. The summed E-state index contributed by atoms with van der Waals surface area (Å²) in [4.78, 5) is 25.1. The van der Waals surface area contributed by atoms with Crippen molar-refractivity contribution in [3.63, 3.8) is 0 Å². The average molecular weight is 351 g/mol. The third kappa shape index (κ3) is 3.72. The SMILES string of the molecule is CCCn1c(=O)n(CCC(=O)N[C@@H](C)c2ccccc2)c2ccccc21. The number of carbonyl (C=O) groups is 1. The van der Waals surface area contributed by atoms with Crippen LogP contribution in [0.3, 0.4) is 0 Å². The quantitative estimate of drug-likeness (QED) is 0.708. The topological polar surface area (TPSA) is 56.0 Å². The molecule has 0 saturated heterocycles. The smallest absolute Gasteiger partial charge is 0.329 e. The fraction of sp³-hybridized carbons (Fsp3) is 0.333. The summed E-state index contributed by atoms with van der Waals surface area (Å²) in [6, 6.07) is 17.6. The summed E-state index contributed by atoms with van der Waals surface area (Å²) >= 11 is 0. The van der Waals surface area contributed by atoms with E-state index in [1.165, 1.54) is 0 Å². The lowest BCUT2D eigenvalue weighted by atomic mass is 10.1. The normalized spacial score (nSPS) is 12.2. The number of aryl methyl sites for hydroxylation is 2. The van der Waals surface area contributed by atoms with Gasteiger partial charge in [0.25, 0.3) is 0 Å². The second-order valence-electron chi connectivity index (χ2n) is 6.52. The fourth-order valence-electron chi connectivity index (χ4n) is 3.28. The van der Waals surface area contributed by atoms with Gasteiger partial charge < -0.3 is 5.32 Å². The highest BCUT2D eigenvalue weighted by atomic mass is 16.2. The second kappa shape index (κ2) is 8.04. The van der Waals surface area contributed by atoms with E-state index in [4.69, 9.17) is 0 Å². The summed E-state index contributed by atoms with van der Waals surface area (Å²) in [6.45, 7) is 5.08. The molecule has 26 heavy (non-hydrogen) atoms. The maximum Gasteiger partial charge on any atom is 0.329 e. The number of hydrogen-bond acceptors (Lipinski definition) is 2. The van der Waals surface area contributed by atoms with Crippen molar-refractivity contribution in [3.8, 4) is 0 Å². The van der Waals surface area contributed by atoms with E-state index < -0.39 is 0 Å². The zero-order valence-electron chi connectivity index (χ0n) is 15.3. The van der Waals surface area contributed by atoms with Crippen molar-refractivity contribution >= 4 is 16.9 Å². The molecular weight excluding hydrogens is 326 g/mol. The van der Waals surface area contributed by atoms with Gasteiger partial charge in [0, 0.05) is 19.5 Å². The summed E-state index contributed by atoms with van der Waals surface area (Å²) in [5, 5.41) is 3.00. The predicted molar refractivity (Wildman–Crippen MR) is 104 cm³/mol. The monoisotopic (exact) mass is 351 g/mol. The van der Waals surface area contributed by atoms with Crippen LogP contribution in [0.4, 0.5) is 0 Å². The van der Waals surface area contributed by atoms with E-state index in [1.807, 2.05) is 61.5 Å². The molecule has 0 bridgehead atoms. The Labute approximate surface area is 153 Å². The number of aromatic nitrogens is 2. The summed E-state index contributed by atoms with van der Waals surface area (Å²) in [5.41, 5.74) is 2.83. The van der Waals surface area contributed by atoms with Crippen LogP contribution in [0.15, 0.2) is 59.4 Å². The number of hydrogen-bond donors (Lipinski definition) is 1. The van der Waals surface area contributed by atoms with Gasteiger partial charge in [-0.3, -0.25) is 13.9 Å². The third-order valence-corrected chi connectivity index (χ3v) is 4.61. The van der Waals surface area contributed by atoms with Crippen molar-refractivity contribution in [1.29, 1.82) is 0 Å². The summed E-state index contributed by atoms with van der Waals surface area (Å²) in [5.74, 6) is -0.0550. The zero-order valence-corrected chi connectivity index (χ0v) is 15.3. The lowest BCUT2D eigenvalue weighted by Gasteiger charge is -2.14. The van der Waals surface area contributed by atoms with E-state index in [0.717, 1.165) is 23.0 Å². The Morgan fingerprint density at radius 3 is 2.15 bits per heavy atom. The Kier molecular flexibility index (Phi) is 5.56. The minimum Gasteiger partial charge on any atom is -0.350 e. The maximum atomic E-state index is 12.7. The number of carbonyl (C=O) groups excluding carboxylic acids is 1. The van der Waals surface area contributed by atoms with Crippen molar-refractivity contribution in [2.75, 3.05) is 0 Å². The predicted octanol–water partition coefficient (Wildman–Crippen LogP) is 3.48. The van der Waals surface area contributed by atoms with Crippen LogP contribution in [0.2, 0.25) is 0 Å². The standard InChI is InChI=1S/C21H25N3O2/c1-3-14-23-18-11-7-8-12-19(18)24(21(23)26)15-13-20(25)22-16(2)17-9-5-4-6-10-17/h4-12,16H,3,13-15H2,1-2H3,(H,22,25)/t16-/m0/s1. The van der Waals surface area contributed by atoms with Crippen LogP contribution in [-0.2, 0) is 17.9 Å². The van der Waals surface area contributed by atoms with Crippen LogP contribution < -0.4 is 11.0 Å². The third-order valence-electron chi connectivity index (χ3n) is 4.61. The Balaban J connectivity index is 1.72. The molecule has 1 atom stereocenters. The van der Waals surface area contributed by atoms with Crippen LogP contribution in [0.5, 0.6) is 0 Å². The maximum absolute atomic E-state index is 12.7. The molecule has 0 fully saturated rings. The van der Waals surface area contributed by atoms with Gasteiger partial charge in [0.1, 0.15) is 0 Å². The first-order chi connectivity index (χ1) is 12.6. The number of imidazole rings is 1. The summed E-state index contributed by atoms with van der Waals surface area (Å²) in [7, 11) is 0. The van der Waals surface area contributed by atoms with Crippen LogP contribution in [0.25, 0.3) is 11.0 Å². The van der Waals surface area contributed by atoms with Gasteiger partial charge in [-0.1, -0.05) is 49.4 Å². The molecule has 136 valence electrons. The van der Waals surface area contributed by atoms with Crippen LogP contribution in [-0.4, -0.2) is 15.0 Å². The molecule has 0 radical (unpaired) electrons. The van der Waals surface area contributed by atoms with Gasteiger partial charge in [0.2, 0.25) is 5.91 Å². The van der Waals surface area contributed by atoms with Gasteiger partial charge in [0.05, 0.1) is 17.1 Å².